The zero-order valence-electron chi connectivity index (χ0n) is 6.23. The third-order valence-electron chi connectivity index (χ3n) is 1.20. The maximum atomic E-state index is 10.1. The van der Waals surface area contributed by atoms with Gasteiger partial charge in [0.1, 0.15) is 5.69 Å². The highest BCUT2D eigenvalue weighted by Crippen LogP contribution is 1.87. The Morgan fingerprint density at radius 3 is 3.18 bits per heavy atom. The summed E-state index contributed by atoms with van der Waals surface area (Å²) in [5.41, 5.74) is 0.348. The van der Waals surface area contributed by atoms with Crippen LogP contribution in [0, 0.1) is 0 Å². The molecule has 0 aliphatic carbocycles. The van der Waals surface area contributed by atoms with E-state index >= 15 is 0 Å². The van der Waals surface area contributed by atoms with Crippen molar-refractivity contribution in [2.45, 2.75) is 6.54 Å². The number of hydrogen-bond acceptors (Lipinski definition) is 4. The number of rotatable bonds is 4. The molecule has 1 aromatic rings. The Morgan fingerprint density at radius 1 is 1.82 bits per heavy atom. The van der Waals surface area contributed by atoms with Gasteiger partial charge in [-0.25, -0.2) is 4.68 Å². The Kier molecular flexibility index (Phi) is 2.74. The molecule has 0 aliphatic rings. The normalized spacial score (nSPS) is 9.91. The molecule has 1 heterocycles. The summed E-state index contributed by atoms with van der Waals surface area (Å²) < 4.78 is 6.37. The van der Waals surface area contributed by atoms with E-state index in [1.54, 1.807) is 18.0 Å². The number of ether oxygens (including phenoxy) is 1. The molecule has 5 heteroatoms. The highest BCUT2D eigenvalue weighted by atomic mass is 16.5. The minimum Gasteiger partial charge on any atom is -0.383 e. The first-order chi connectivity index (χ1) is 5.36. The number of aldehydes is 1. The Bertz CT molecular complexity index is 233. The summed E-state index contributed by atoms with van der Waals surface area (Å²) in [6.45, 7) is 1.19. The van der Waals surface area contributed by atoms with E-state index in [4.69, 9.17) is 4.74 Å². The van der Waals surface area contributed by atoms with Crippen LogP contribution in [-0.2, 0) is 11.3 Å². The van der Waals surface area contributed by atoms with Crippen LogP contribution in [0.25, 0.3) is 0 Å². The molecule has 0 N–H and O–H groups in total. The lowest BCUT2D eigenvalue weighted by molar-refractivity contribution is 0.111. The number of hydrogen-bond donors (Lipinski definition) is 0. The summed E-state index contributed by atoms with van der Waals surface area (Å²) in [7, 11) is 1.61. The molecule has 0 radical (unpaired) electrons. The van der Waals surface area contributed by atoms with Gasteiger partial charge in [-0.3, -0.25) is 4.79 Å². The van der Waals surface area contributed by atoms with Crippen LogP contribution in [0.15, 0.2) is 6.20 Å². The van der Waals surface area contributed by atoms with Crippen LogP contribution in [0.3, 0.4) is 0 Å². The molecule has 0 aliphatic heterocycles. The zero-order chi connectivity index (χ0) is 8.10. The van der Waals surface area contributed by atoms with Gasteiger partial charge in [-0.2, -0.15) is 0 Å². The van der Waals surface area contributed by atoms with Crippen LogP contribution in [0.4, 0.5) is 0 Å². The first-order valence-corrected chi connectivity index (χ1v) is 3.21. The lowest BCUT2D eigenvalue weighted by atomic mass is 10.5. The van der Waals surface area contributed by atoms with Crippen molar-refractivity contribution in [1.82, 2.24) is 15.0 Å². The second-order valence-electron chi connectivity index (χ2n) is 2.02. The van der Waals surface area contributed by atoms with Crippen LogP contribution in [0.1, 0.15) is 10.5 Å². The maximum absolute atomic E-state index is 10.1. The highest BCUT2D eigenvalue weighted by molar-refractivity contribution is 5.70. The van der Waals surface area contributed by atoms with Gasteiger partial charge >= 0.3 is 0 Å². The molecule has 0 amide bonds. The molecule has 0 spiro atoms. The number of nitrogens with zero attached hydrogens (tertiary/aromatic N) is 3. The van der Waals surface area contributed by atoms with Crippen molar-refractivity contribution in [3.63, 3.8) is 0 Å². The average molecular weight is 155 g/mol. The first-order valence-electron chi connectivity index (χ1n) is 3.21. The van der Waals surface area contributed by atoms with Crippen LogP contribution in [0.2, 0.25) is 0 Å². The lowest BCUT2D eigenvalue weighted by Crippen LogP contribution is -2.04. The van der Waals surface area contributed by atoms with Crippen molar-refractivity contribution >= 4 is 6.29 Å². The van der Waals surface area contributed by atoms with Crippen LogP contribution in [0.5, 0.6) is 0 Å². The molecule has 0 atom stereocenters. The van der Waals surface area contributed by atoms with E-state index in [1.165, 1.54) is 0 Å². The SMILES string of the molecule is COCCn1cc(C=O)nn1. The fourth-order valence-electron chi connectivity index (χ4n) is 0.661. The van der Waals surface area contributed by atoms with Crippen molar-refractivity contribution in [2.75, 3.05) is 13.7 Å². The maximum Gasteiger partial charge on any atom is 0.171 e. The molecule has 0 fully saturated rings. The Balaban J connectivity index is 2.51. The fraction of sp³-hybridized carbons (Fsp3) is 0.500. The van der Waals surface area contributed by atoms with E-state index in [9.17, 15) is 4.79 Å². The monoisotopic (exact) mass is 155 g/mol. The minimum atomic E-state index is 0.348. The van der Waals surface area contributed by atoms with Gasteiger partial charge in [0.25, 0.3) is 0 Å². The predicted octanol–water partition coefficient (Wildman–Crippen LogP) is -0.263. The molecule has 11 heavy (non-hydrogen) atoms. The predicted molar refractivity (Wildman–Crippen MR) is 37.3 cm³/mol. The minimum absolute atomic E-state index is 0.348. The second kappa shape index (κ2) is 3.82. The fourth-order valence-corrected chi connectivity index (χ4v) is 0.661. The number of aromatic nitrogens is 3. The van der Waals surface area contributed by atoms with Crippen LogP contribution < -0.4 is 0 Å². The summed E-state index contributed by atoms with van der Waals surface area (Å²) in [5.74, 6) is 0. The van der Waals surface area contributed by atoms with Crippen molar-refractivity contribution < 1.29 is 9.53 Å². The summed E-state index contributed by atoms with van der Waals surface area (Å²) in [6, 6.07) is 0. The summed E-state index contributed by atoms with van der Waals surface area (Å²) in [4.78, 5) is 10.1. The van der Waals surface area contributed by atoms with Crippen molar-refractivity contribution in [3.05, 3.63) is 11.9 Å². The van der Waals surface area contributed by atoms with Gasteiger partial charge in [0, 0.05) is 7.11 Å². The third kappa shape index (κ3) is 2.12. The first kappa shape index (κ1) is 7.87. The molecule has 1 aromatic heterocycles. The van der Waals surface area contributed by atoms with Crippen molar-refractivity contribution in [3.8, 4) is 0 Å². The highest BCUT2D eigenvalue weighted by Gasteiger charge is 1.96. The molecule has 0 aromatic carbocycles. The van der Waals surface area contributed by atoms with Crippen molar-refractivity contribution in [1.29, 1.82) is 0 Å². The Hall–Kier alpha value is -1.23. The van der Waals surface area contributed by atoms with Gasteiger partial charge in [0.15, 0.2) is 6.29 Å². The molecule has 0 saturated carbocycles. The van der Waals surface area contributed by atoms with Gasteiger partial charge in [-0.05, 0) is 0 Å². The Morgan fingerprint density at radius 2 is 2.64 bits per heavy atom. The molecular weight excluding hydrogens is 146 g/mol. The summed E-state index contributed by atoms with van der Waals surface area (Å²) in [5, 5.41) is 7.26. The van der Waals surface area contributed by atoms with E-state index in [2.05, 4.69) is 10.3 Å². The number of carbonyl (C=O) groups excluding carboxylic acids is 1. The second-order valence-corrected chi connectivity index (χ2v) is 2.02. The Labute approximate surface area is 64.0 Å². The summed E-state index contributed by atoms with van der Waals surface area (Å²) in [6.07, 6.45) is 2.24. The van der Waals surface area contributed by atoms with Crippen LogP contribution in [-0.4, -0.2) is 35.0 Å². The molecule has 1 rings (SSSR count). The third-order valence-corrected chi connectivity index (χ3v) is 1.20. The zero-order valence-corrected chi connectivity index (χ0v) is 6.23. The summed E-state index contributed by atoms with van der Waals surface area (Å²) >= 11 is 0. The molecule has 60 valence electrons. The van der Waals surface area contributed by atoms with E-state index < -0.39 is 0 Å². The topological polar surface area (TPSA) is 57.0 Å². The van der Waals surface area contributed by atoms with Crippen molar-refractivity contribution in [2.24, 2.45) is 0 Å². The smallest absolute Gasteiger partial charge is 0.171 e. The van der Waals surface area contributed by atoms with E-state index in [0.717, 1.165) is 0 Å². The molecular formula is C6H9N3O2. The number of methoxy groups -OCH3 is 1. The van der Waals surface area contributed by atoms with Gasteiger partial charge in [-0.1, -0.05) is 5.21 Å². The molecule has 0 bridgehead atoms. The van der Waals surface area contributed by atoms with Gasteiger partial charge < -0.3 is 4.74 Å². The van der Waals surface area contributed by atoms with Gasteiger partial charge in [-0.15, -0.1) is 5.10 Å². The lowest BCUT2D eigenvalue weighted by Gasteiger charge is -1.95. The quantitative estimate of drug-likeness (QED) is 0.562. The largest absolute Gasteiger partial charge is 0.383 e. The molecule has 0 saturated heterocycles. The van der Waals surface area contributed by atoms with E-state index in [-0.39, 0.29) is 0 Å². The van der Waals surface area contributed by atoms with E-state index in [1.807, 2.05) is 0 Å². The molecule has 0 unspecified atom stereocenters. The van der Waals surface area contributed by atoms with E-state index in [0.29, 0.717) is 25.1 Å². The number of carbonyl (C=O) groups is 1. The standard InChI is InChI=1S/C6H9N3O2/c1-11-3-2-9-4-6(5-10)7-8-9/h4-5H,2-3H2,1H3. The van der Waals surface area contributed by atoms with Gasteiger partial charge in [0.05, 0.1) is 19.3 Å². The molecule has 5 nitrogen and oxygen atoms in total. The van der Waals surface area contributed by atoms with Crippen LogP contribution >= 0.6 is 0 Å². The van der Waals surface area contributed by atoms with Gasteiger partial charge in [0.2, 0.25) is 0 Å². The average Bonchev–Trinajstić information content (AvgIpc) is 2.48.